The van der Waals surface area contributed by atoms with E-state index in [1.165, 1.54) is 23.3 Å². The predicted molar refractivity (Wildman–Crippen MR) is 91.9 cm³/mol. The summed E-state index contributed by atoms with van der Waals surface area (Å²) in [7, 11) is 0. The molecule has 0 aromatic heterocycles. The summed E-state index contributed by atoms with van der Waals surface area (Å²) in [5.74, 6) is -0.910. The van der Waals surface area contributed by atoms with Gasteiger partial charge < -0.3 is 15.7 Å². The molecule has 0 radical (unpaired) electrons. The average Bonchev–Trinajstić information content (AvgIpc) is 2.96. The molecule has 1 aromatic carbocycles. The number of rotatable bonds is 7. The molecule has 0 spiro atoms. The van der Waals surface area contributed by atoms with Gasteiger partial charge in [0.1, 0.15) is 0 Å². The number of aryl methyl sites for hydroxylation is 1. The Morgan fingerprint density at radius 3 is 2.43 bits per heavy atom. The van der Waals surface area contributed by atoms with E-state index in [2.05, 4.69) is 41.8 Å². The summed E-state index contributed by atoms with van der Waals surface area (Å²) >= 11 is 1.84. The van der Waals surface area contributed by atoms with E-state index in [9.17, 15) is 9.59 Å². The van der Waals surface area contributed by atoms with E-state index in [0.29, 0.717) is 6.54 Å². The number of urea groups is 1. The van der Waals surface area contributed by atoms with Gasteiger partial charge in [0.25, 0.3) is 0 Å². The number of nitrogens with one attached hydrogen (secondary N) is 2. The summed E-state index contributed by atoms with van der Waals surface area (Å²) in [5, 5.41) is 14.1. The Morgan fingerprint density at radius 2 is 1.83 bits per heavy atom. The van der Waals surface area contributed by atoms with Gasteiger partial charge in [-0.2, -0.15) is 0 Å². The third-order valence-corrected chi connectivity index (χ3v) is 5.56. The van der Waals surface area contributed by atoms with Gasteiger partial charge in [-0.15, -0.1) is 11.8 Å². The molecule has 126 valence electrons. The van der Waals surface area contributed by atoms with Gasteiger partial charge in [0.15, 0.2) is 0 Å². The van der Waals surface area contributed by atoms with Crippen molar-refractivity contribution in [2.45, 2.75) is 48.7 Å². The van der Waals surface area contributed by atoms with E-state index >= 15 is 0 Å². The van der Waals surface area contributed by atoms with Crippen molar-refractivity contribution in [3.8, 4) is 0 Å². The number of amides is 2. The Morgan fingerprint density at radius 1 is 1.17 bits per heavy atom. The highest BCUT2D eigenvalue weighted by atomic mass is 32.2. The second-order valence-corrected chi connectivity index (χ2v) is 7.60. The number of thioether (sulfide) groups is 1. The van der Waals surface area contributed by atoms with Crippen LogP contribution in [0.2, 0.25) is 0 Å². The number of hydrogen-bond donors (Lipinski definition) is 3. The van der Waals surface area contributed by atoms with Crippen LogP contribution in [0.15, 0.2) is 29.2 Å². The van der Waals surface area contributed by atoms with Gasteiger partial charge in [-0.25, -0.2) is 4.79 Å². The molecule has 0 bridgehead atoms. The Bertz CT molecular complexity index is 539. The number of carboxylic acid groups (broad SMARTS) is 1. The van der Waals surface area contributed by atoms with E-state index in [-0.39, 0.29) is 23.7 Å². The van der Waals surface area contributed by atoms with E-state index in [1.807, 2.05) is 11.8 Å². The fourth-order valence-corrected chi connectivity index (χ4v) is 4.19. The van der Waals surface area contributed by atoms with Crippen molar-refractivity contribution < 1.29 is 14.7 Å². The molecule has 5 nitrogen and oxygen atoms in total. The molecule has 1 aliphatic carbocycles. The fourth-order valence-electron chi connectivity index (χ4n) is 2.78. The number of benzene rings is 1. The minimum Gasteiger partial charge on any atom is -0.481 e. The summed E-state index contributed by atoms with van der Waals surface area (Å²) in [6.07, 6.45) is 4.47. The second kappa shape index (κ2) is 8.24. The minimum atomic E-state index is -0.910. The van der Waals surface area contributed by atoms with Gasteiger partial charge in [0, 0.05) is 22.7 Å². The van der Waals surface area contributed by atoms with Crippen LogP contribution in [-0.2, 0) is 4.79 Å². The van der Waals surface area contributed by atoms with Gasteiger partial charge in [-0.1, -0.05) is 30.5 Å². The monoisotopic (exact) mass is 336 g/mol. The Labute approximate surface area is 141 Å². The van der Waals surface area contributed by atoms with E-state index < -0.39 is 5.97 Å². The van der Waals surface area contributed by atoms with Gasteiger partial charge in [0.05, 0.1) is 6.42 Å². The first-order valence-corrected chi connectivity index (χ1v) is 8.80. The molecule has 2 rings (SSSR count). The lowest BCUT2D eigenvalue weighted by atomic mass is 10.1. The van der Waals surface area contributed by atoms with Crippen molar-refractivity contribution in [2.24, 2.45) is 0 Å². The average molecular weight is 336 g/mol. The molecule has 1 saturated carbocycles. The molecule has 1 aromatic rings. The Kier molecular flexibility index (Phi) is 6.33. The summed E-state index contributed by atoms with van der Waals surface area (Å²) < 4.78 is 0.0411. The van der Waals surface area contributed by atoms with Crippen molar-refractivity contribution in [3.63, 3.8) is 0 Å². The summed E-state index contributed by atoms with van der Waals surface area (Å²) in [4.78, 5) is 23.5. The first-order valence-electron chi connectivity index (χ1n) is 7.98. The number of aliphatic carboxylic acids is 1. The van der Waals surface area contributed by atoms with Crippen LogP contribution >= 0.6 is 11.8 Å². The lowest BCUT2D eigenvalue weighted by Gasteiger charge is -2.28. The first kappa shape index (κ1) is 17.7. The smallest absolute Gasteiger partial charge is 0.314 e. The normalized spacial score (nSPS) is 16.0. The highest BCUT2D eigenvalue weighted by Gasteiger charge is 2.35. The molecule has 1 fully saturated rings. The lowest BCUT2D eigenvalue weighted by Crippen LogP contribution is -2.44. The molecule has 0 saturated heterocycles. The van der Waals surface area contributed by atoms with Crippen LogP contribution in [0.5, 0.6) is 0 Å². The van der Waals surface area contributed by atoms with Crippen LogP contribution in [0.25, 0.3) is 0 Å². The second-order valence-electron chi connectivity index (χ2n) is 6.06. The minimum absolute atomic E-state index is 0.0411. The molecule has 3 N–H and O–H groups in total. The van der Waals surface area contributed by atoms with Crippen LogP contribution in [0.1, 0.15) is 37.7 Å². The van der Waals surface area contributed by atoms with Crippen molar-refractivity contribution in [1.29, 1.82) is 0 Å². The molecule has 6 heteroatoms. The van der Waals surface area contributed by atoms with Gasteiger partial charge in [0.2, 0.25) is 0 Å². The van der Waals surface area contributed by atoms with E-state index in [4.69, 9.17) is 5.11 Å². The summed E-state index contributed by atoms with van der Waals surface area (Å²) in [5.41, 5.74) is 1.24. The van der Waals surface area contributed by atoms with Crippen LogP contribution in [0, 0.1) is 6.92 Å². The van der Waals surface area contributed by atoms with Gasteiger partial charge >= 0.3 is 12.0 Å². The molecule has 1 aliphatic rings. The molecule has 0 unspecified atom stereocenters. The van der Waals surface area contributed by atoms with Crippen LogP contribution < -0.4 is 10.6 Å². The number of carbonyl (C=O) groups is 2. The highest BCUT2D eigenvalue weighted by Crippen LogP contribution is 2.44. The fraction of sp³-hybridized carbons (Fsp3) is 0.529. The van der Waals surface area contributed by atoms with Crippen molar-refractivity contribution in [1.82, 2.24) is 10.6 Å². The SMILES string of the molecule is Cc1ccc(SC2(CNC(=O)NCCC(=O)O)CCCC2)cc1. The largest absolute Gasteiger partial charge is 0.481 e. The van der Waals surface area contributed by atoms with Crippen LogP contribution in [0.4, 0.5) is 4.79 Å². The lowest BCUT2D eigenvalue weighted by molar-refractivity contribution is -0.136. The van der Waals surface area contributed by atoms with Gasteiger partial charge in [-0.05, 0) is 31.9 Å². The third kappa shape index (κ3) is 5.78. The van der Waals surface area contributed by atoms with E-state index in [1.54, 1.807) is 0 Å². The maximum Gasteiger partial charge on any atom is 0.314 e. The summed E-state index contributed by atoms with van der Waals surface area (Å²) in [6.45, 7) is 2.83. The molecule has 0 heterocycles. The number of carboxylic acids is 1. The van der Waals surface area contributed by atoms with Crippen molar-refractivity contribution in [2.75, 3.05) is 13.1 Å². The predicted octanol–water partition coefficient (Wildman–Crippen LogP) is 3.17. The number of carbonyl (C=O) groups excluding carboxylic acids is 1. The van der Waals surface area contributed by atoms with Crippen LogP contribution in [0.3, 0.4) is 0 Å². The molecular formula is C17H24N2O3S. The molecular weight excluding hydrogens is 312 g/mol. The van der Waals surface area contributed by atoms with Crippen molar-refractivity contribution in [3.05, 3.63) is 29.8 Å². The standard InChI is InChI=1S/C17H24N2O3S/c1-13-4-6-14(7-5-13)23-17(9-2-3-10-17)12-19-16(22)18-11-8-15(20)21/h4-7H,2-3,8-12H2,1H3,(H,20,21)(H2,18,19,22). The molecule has 0 atom stereocenters. The maximum atomic E-state index is 11.8. The molecule has 0 aliphatic heterocycles. The topological polar surface area (TPSA) is 78.4 Å². The van der Waals surface area contributed by atoms with Gasteiger partial charge in [-0.3, -0.25) is 4.79 Å². The quantitative estimate of drug-likeness (QED) is 0.714. The third-order valence-electron chi connectivity index (χ3n) is 4.07. The highest BCUT2D eigenvalue weighted by molar-refractivity contribution is 8.00. The van der Waals surface area contributed by atoms with Crippen molar-refractivity contribution >= 4 is 23.8 Å². The maximum absolute atomic E-state index is 11.8. The summed E-state index contributed by atoms with van der Waals surface area (Å²) in [6, 6.07) is 8.19. The zero-order valence-electron chi connectivity index (χ0n) is 13.4. The Hall–Kier alpha value is -1.69. The number of hydrogen-bond acceptors (Lipinski definition) is 3. The zero-order chi connectivity index (χ0) is 16.7. The van der Waals surface area contributed by atoms with Crippen LogP contribution in [-0.4, -0.2) is 34.9 Å². The van der Waals surface area contributed by atoms with E-state index in [0.717, 1.165) is 12.8 Å². The molecule has 23 heavy (non-hydrogen) atoms. The molecule has 2 amide bonds. The Balaban J connectivity index is 1.86. The first-order chi connectivity index (χ1) is 11.0. The zero-order valence-corrected chi connectivity index (χ0v) is 14.2.